The van der Waals surface area contributed by atoms with E-state index in [1.807, 2.05) is 24.3 Å². The highest BCUT2D eigenvalue weighted by Crippen LogP contribution is 2.53. The molecule has 1 atom stereocenters. The zero-order chi connectivity index (χ0) is 13.6. The van der Waals surface area contributed by atoms with Crippen molar-refractivity contribution in [2.45, 2.75) is 52.1 Å². The second-order valence-electron chi connectivity index (χ2n) is 5.07. The van der Waals surface area contributed by atoms with Gasteiger partial charge in [-0.3, -0.25) is 4.52 Å². The molecule has 1 aliphatic rings. The molecule has 1 heterocycles. The highest BCUT2D eigenvalue weighted by Gasteiger charge is 2.30. The molecule has 0 aliphatic carbocycles. The van der Waals surface area contributed by atoms with Crippen molar-refractivity contribution in [3.63, 3.8) is 0 Å². The first-order chi connectivity index (χ1) is 9.23. The number of hydrogen-bond acceptors (Lipinski definition) is 3. The van der Waals surface area contributed by atoms with Gasteiger partial charge in [0, 0.05) is 5.56 Å². The normalized spacial score (nSPS) is 21.7. The van der Waals surface area contributed by atoms with Crippen LogP contribution in [0.3, 0.4) is 0 Å². The molecule has 0 radical (unpaired) electrons. The van der Waals surface area contributed by atoms with Crippen molar-refractivity contribution in [2.24, 2.45) is 0 Å². The lowest BCUT2D eigenvalue weighted by Gasteiger charge is -2.25. The third-order valence-electron chi connectivity index (χ3n) is 3.41. The van der Waals surface area contributed by atoms with Crippen molar-refractivity contribution in [3.05, 3.63) is 29.8 Å². The SMILES string of the molecule is CCCCCCCCP1(=O)OCc2ccccc2O1. The average molecular weight is 282 g/mol. The summed E-state index contributed by atoms with van der Waals surface area (Å²) in [5.41, 5.74) is 0.983. The molecule has 4 heteroatoms. The van der Waals surface area contributed by atoms with Crippen molar-refractivity contribution in [1.82, 2.24) is 0 Å². The Morgan fingerprint density at radius 2 is 1.84 bits per heavy atom. The number of fused-ring (bicyclic) bond motifs is 1. The predicted molar refractivity (Wildman–Crippen MR) is 77.7 cm³/mol. The standard InChI is InChI=1S/C15H23O3P/c1-2-3-4-5-6-9-12-19(16)17-13-14-10-7-8-11-15(14)18-19/h7-8,10-11H,2-6,9,12-13H2,1H3. The minimum atomic E-state index is -2.90. The van der Waals surface area contributed by atoms with E-state index >= 15 is 0 Å². The van der Waals surface area contributed by atoms with Crippen molar-refractivity contribution in [2.75, 3.05) is 6.16 Å². The maximum atomic E-state index is 12.4. The zero-order valence-corrected chi connectivity index (χ0v) is 12.5. The fourth-order valence-corrected chi connectivity index (χ4v) is 3.95. The van der Waals surface area contributed by atoms with Crippen LogP contribution in [0.1, 0.15) is 51.0 Å². The molecule has 0 amide bonds. The van der Waals surface area contributed by atoms with E-state index < -0.39 is 7.60 Å². The van der Waals surface area contributed by atoms with Crippen LogP contribution in [0, 0.1) is 0 Å². The summed E-state index contributed by atoms with van der Waals surface area (Å²) in [5, 5.41) is 0. The average Bonchev–Trinajstić information content (AvgIpc) is 2.42. The van der Waals surface area contributed by atoms with Crippen LogP contribution in [0.5, 0.6) is 5.75 Å². The van der Waals surface area contributed by atoms with Crippen LogP contribution in [0.15, 0.2) is 24.3 Å². The van der Waals surface area contributed by atoms with E-state index in [4.69, 9.17) is 9.05 Å². The van der Waals surface area contributed by atoms with Crippen molar-refractivity contribution in [3.8, 4) is 5.75 Å². The summed E-state index contributed by atoms with van der Waals surface area (Å²) >= 11 is 0. The Labute approximate surface area is 115 Å². The van der Waals surface area contributed by atoms with Gasteiger partial charge in [-0.05, 0) is 12.5 Å². The van der Waals surface area contributed by atoms with Gasteiger partial charge in [-0.2, -0.15) is 0 Å². The Kier molecular flexibility index (Phi) is 5.47. The molecular weight excluding hydrogens is 259 g/mol. The summed E-state index contributed by atoms with van der Waals surface area (Å²) in [7, 11) is -2.90. The van der Waals surface area contributed by atoms with E-state index in [0.717, 1.165) is 24.2 Å². The summed E-state index contributed by atoms with van der Waals surface area (Å²) in [6, 6.07) is 7.66. The van der Waals surface area contributed by atoms with Gasteiger partial charge >= 0.3 is 7.60 Å². The van der Waals surface area contributed by atoms with E-state index in [1.165, 1.54) is 25.7 Å². The maximum absolute atomic E-state index is 12.4. The first kappa shape index (κ1) is 14.6. The molecule has 1 unspecified atom stereocenters. The Hall–Kier alpha value is -0.790. The summed E-state index contributed by atoms with van der Waals surface area (Å²) in [6.45, 7) is 2.61. The minimum absolute atomic E-state index is 0.406. The smallest absolute Gasteiger partial charge is 0.379 e. The van der Waals surface area contributed by atoms with Crippen LogP contribution in [0.4, 0.5) is 0 Å². The molecule has 0 N–H and O–H groups in total. The van der Waals surface area contributed by atoms with Gasteiger partial charge in [0.25, 0.3) is 0 Å². The lowest BCUT2D eigenvalue weighted by molar-refractivity contribution is 0.231. The van der Waals surface area contributed by atoms with Gasteiger partial charge < -0.3 is 4.52 Å². The maximum Gasteiger partial charge on any atom is 0.379 e. The van der Waals surface area contributed by atoms with E-state index in [2.05, 4.69) is 6.92 Å². The topological polar surface area (TPSA) is 35.5 Å². The van der Waals surface area contributed by atoms with Crippen molar-refractivity contribution < 1.29 is 13.6 Å². The first-order valence-electron chi connectivity index (χ1n) is 7.24. The molecule has 0 aromatic heterocycles. The van der Waals surface area contributed by atoms with Gasteiger partial charge in [0.15, 0.2) is 0 Å². The molecule has 2 rings (SSSR count). The first-order valence-corrected chi connectivity index (χ1v) is 8.97. The lowest BCUT2D eigenvalue weighted by atomic mass is 10.1. The minimum Gasteiger partial charge on any atom is -0.424 e. The summed E-state index contributed by atoms with van der Waals surface area (Å²) < 4.78 is 23.5. The fourth-order valence-electron chi connectivity index (χ4n) is 2.25. The highest BCUT2D eigenvalue weighted by molar-refractivity contribution is 7.54. The third-order valence-corrected chi connectivity index (χ3v) is 5.27. The van der Waals surface area contributed by atoms with E-state index in [0.29, 0.717) is 12.8 Å². The molecule has 19 heavy (non-hydrogen) atoms. The summed E-state index contributed by atoms with van der Waals surface area (Å²) in [5.74, 6) is 0.725. The van der Waals surface area contributed by atoms with Crippen LogP contribution in [-0.2, 0) is 15.7 Å². The second-order valence-corrected chi connectivity index (χ2v) is 7.18. The number of unbranched alkanes of at least 4 members (excludes halogenated alkanes) is 5. The molecule has 1 aromatic rings. The predicted octanol–water partition coefficient (Wildman–Crippen LogP) is 5.15. The van der Waals surface area contributed by atoms with Crippen molar-refractivity contribution in [1.29, 1.82) is 0 Å². The molecule has 0 saturated heterocycles. The van der Waals surface area contributed by atoms with Crippen molar-refractivity contribution >= 4 is 7.60 Å². The highest BCUT2D eigenvalue weighted by atomic mass is 31.2. The lowest BCUT2D eigenvalue weighted by Crippen LogP contribution is -2.09. The number of para-hydroxylation sites is 1. The molecule has 0 spiro atoms. The molecule has 0 saturated carbocycles. The number of rotatable bonds is 7. The van der Waals surface area contributed by atoms with Crippen LogP contribution >= 0.6 is 7.60 Å². The molecular formula is C15H23O3P. The molecule has 106 valence electrons. The molecule has 1 aromatic carbocycles. The number of benzene rings is 1. The Balaban J connectivity index is 1.77. The van der Waals surface area contributed by atoms with Crippen LogP contribution < -0.4 is 4.52 Å². The quantitative estimate of drug-likeness (QED) is 0.512. The molecule has 1 aliphatic heterocycles. The summed E-state index contributed by atoms with van der Waals surface area (Å²) in [6.07, 6.45) is 7.59. The second kappa shape index (κ2) is 7.12. The Morgan fingerprint density at radius 3 is 2.68 bits per heavy atom. The van der Waals surface area contributed by atoms with E-state index in [1.54, 1.807) is 0 Å². The van der Waals surface area contributed by atoms with E-state index in [9.17, 15) is 4.57 Å². The van der Waals surface area contributed by atoms with Crippen LogP contribution in [-0.4, -0.2) is 6.16 Å². The molecule has 0 bridgehead atoms. The zero-order valence-electron chi connectivity index (χ0n) is 11.6. The molecule has 0 fully saturated rings. The van der Waals surface area contributed by atoms with Gasteiger partial charge in [-0.15, -0.1) is 0 Å². The van der Waals surface area contributed by atoms with Gasteiger partial charge in [0.05, 0.1) is 12.8 Å². The third kappa shape index (κ3) is 4.36. The fraction of sp³-hybridized carbons (Fsp3) is 0.600. The van der Waals surface area contributed by atoms with Gasteiger partial charge in [-0.25, -0.2) is 4.57 Å². The largest absolute Gasteiger partial charge is 0.424 e. The van der Waals surface area contributed by atoms with Gasteiger partial charge in [-0.1, -0.05) is 57.2 Å². The monoisotopic (exact) mass is 282 g/mol. The number of hydrogen-bond donors (Lipinski definition) is 0. The Morgan fingerprint density at radius 1 is 1.11 bits per heavy atom. The van der Waals surface area contributed by atoms with Crippen LogP contribution in [0.2, 0.25) is 0 Å². The van der Waals surface area contributed by atoms with E-state index in [-0.39, 0.29) is 0 Å². The Bertz CT molecular complexity index is 445. The summed E-state index contributed by atoms with van der Waals surface area (Å²) in [4.78, 5) is 0. The van der Waals surface area contributed by atoms with Gasteiger partial charge in [0.2, 0.25) is 0 Å². The van der Waals surface area contributed by atoms with Gasteiger partial charge in [0.1, 0.15) is 5.75 Å². The van der Waals surface area contributed by atoms with Crippen LogP contribution in [0.25, 0.3) is 0 Å². The molecule has 3 nitrogen and oxygen atoms in total.